The lowest BCUT2D eigenvalue weighted by atomic mass is 9.96. The van der Waals surface area contributed by atoms with E-state index in [4.69, 9.17) is 25.8 Å². The summed E-state index contributed by atoms with van der Waals surface area (Å²) in [6.45, 7) is 4.66. The number of aromatic nitrogens is 1. The van der Waals surface area contributed by atoms with Crippen LogP contribution in [-0.2, 0) is 23.8 Å². The van der Waals surface area contributed by atoms with Crippen LogP contribution in [0.5, 0.6) is 0 Å². The minimum atomic E-state index is -1.76. The zero-order valence-electron chi connectivity index (χ0n) is 17.9. The van der Waals surface area contributed by atoms with E-state index in [1.54, 1.807) is 25.3 Å². The van der Waals surface area contributed by atoms with Crippen molar-refractivity contribution in [1.29, 1.82) is 0 Å². The minimum Gasteiger partial charge on any atom is -0.465 e. The average molecular weight is 468 g/mol. The molecule has 32 heavy (non-hydrogen) atoms. The first-order valence-electron chi connectivity index (χ1n) is 10.3. The first kappa shape index (κ1) is 23.7. The highest BCUT2D eigenvalue weighted by Gasteiger charge is 2.38. The van der Waals surface area contributed by atoms with Crippen LogP contribution in [0.3, 0.4) is 0 Å². The monoisotopic (exact) mass is 467 g/mol. The molecule has 2 aromatic rings. The second-order valence-corrected chi connectivity index (χ2v) is 7.53. The van der Waals surface area contributed by atoms with Crippen LogP contribution in [0.4, 0.5) is 4.39 Å². The Morgan fingerprint density at radius 2 is 1.66 bits per heavy atom. The summed E-state index contributed by atoms with van der Waals surface area (Å²) in [5.74, 6) is -5.69. The van der Waals surface area contributed by atoms with Crippen molar-refractivity contribution < 1.29 is 33.0 Å². The molecule has 0 N–H and O–H groups in total. The van der Waals surface area contributed by atoms with Gasteiger partial charge in [0, 0.05) is 17.8 Å². The van der Waals surface area contributed by atoms with Crippen LogP contribution in [0, 0.1) is 5.82 Å². The molecule has 0 unspecified atom stereocenters. The Kier molecular flexibility index (Phi) is 7.18. The van der Waals surface area contributed by atoms with E-state index in [2.05, 4.69) is 0 Å². The third-order valence-electron chi connectivity index (χ3n) is 5.01. The molecule has 10 heteroatoms. The molecule has 172 valence electrons. The molecule has 0 spiro atoms. The van der Waals surface area contributed by atoms with Crippen molar-refractivity contribution in [2.24, 2.45) is 0 Å². The number of pyridine rings is 1. The molecule has 3 rings (SSSR count). The van der Waals surface area contributed by atoms with Crippen molar-refractivity contribution in [3.05, 3.63) is 44.5 Å². The number of esters is 3. The van der Waals surface area contributed by atoms with Crippen molar-refractivity contribution in [2.75, 3.05) is 19.8 Å². The van der Waals surface area contributed by atoms with E-state index in [0.717, 1.165) is 18.9 Å². The Bertz CT molecular complexity index is 1120. The lowest BCUT2D eigenvalue weighted by Crippen LogP contribution is -2.28. The van der Waals surface area contributed by atoms with Crippen molar-refractivity contribution >= 4 is 40.4 Å². The van der Waals surface area contributed by atoms with E-state index in [1.807, 2.05) is 0 Å². The highest BCUT2D eigenvalue weighted by molar-refractivity contribution is 6.36. The van der Waals surface area contributed by atoms with Crippen molar-refractivity contribution in [1.82, 2.24) is 4.57 Å². The number of ether oxygens (including phenoxy) is 3. The smallest absolute Gasteiger partial charge is 0.343 e. The van der Waals surface area contributed by atoms with Gasteiger partial charge in [0.15, 0.2) is 5.92 Å². The molecule has 0 saturated heterocycles. The summed E-state index contributed by atoms with van der Waals surface area (Å²) < 4.78 is 31.7. The van der Waals surface area contributed by atoms with Gasteiger partial charge in [-0.1, -0.05) is 11.6 Å². The minimum absolute atomic E-state index is 0.0444. The van der Waals surface area contributed by atoms with E-state index in [9.17, 15) is 19.2 Å². The van der Waals surface area contributed by atoms with Gasteiger partial charge in [-0.25, -0.2) is 9.18 Å². The number of benzene rings is 1. The first-order chi connectivity index (χ1) is 15.3. The second kappa shape index (κ2) is 9.68. The maximum absolute atomic E-state index is 15.3. The van der Waals surface area contributed by atoms with Crippen LogP contribution in [0.1, 0.15) is 61.5 Å². The molecule has 1 aliphatic rings. The SMILES string of the molecule is CCOC(=O)c1cn(C2CC2)c2c(Cl)c(C(C(=O)OCC)C(=O)OCC)c(F)cc2c1=O. The zero-order valence-corrected chi connectivity index (χ0v) is 18.7. The molecule has 1 aromatic carbocycles. The summed E-state index contributed by atoms with van der Waals surface area (Å²) in [6, 6.07) is 0.803. The van der Waals surface area contributed by atoms with Crippen LogP contribution in [0.25, 0.3) is 10.9 Å². The molecular formula is C22H23ClFNO7. The molecule has 0 radical (unpaired) electrons. The highest BCUT2D eigenvalue weighted by Crippen LogP contribution is 2.41. The molecule has 0 atom stereocenters. The van der Waals surface area contributed by atoms with E-state index in [0.29, 0.717) is 0 Å². The molecule has 1 heterocycles. The third-order valence-corrected chi connectivity index (χ3v) is 5.39. The van der Waals surface area contributed by atoms with E-state index in [-0.39, 0.29) is 47.4 Å². The van der Waals surface area contributed by atoms with E-state index in [1.165, 1.54) is 6.20 Å². The summed E-state index contributed by atoms with van der Waals surface area (Å²) in [4.78, 5) is 50.3. The molecule has 0 aliphatic heterocycles. The number of hydrogen-bond donors (Lipinski definition) is 0. The lowest BCUT2D eigenvalue weighted by Gasteiger charge is -2.20. The predicted molar refractivity (Wildman–Crippen MR) is 113 cm³/mol. The molecule has 1 aromatic heterocycles. The number of rotatable bonds is 8. The number of nitrogens with zero attached hydrogens (tertiary/aromatic N) is 1. The standard InChI is InChI=1S/C22H23ClFNO7/c1-4-30-20(27)13-10-25(11-7-8-11)18-12(19(13)26)9-14(24)15(17(18)23)16(21(28)31-5-2)22(29)32-6-3/h9-11,16H,4-8H2,1-3H3. The fourth-order valence-electron chi connectivity index (χ4n) is 3.50. The molecule has 0 amide bonds. The van der Waals surface area contributed by atoms with Crippen molar-refractivity contribution in [2.45, 2.75) is 45.6 Å². The van der Waals surface area contributed by atoms with Crippen LogP contribution in [0.2, 0.25) is 5.02 Å². The molecule has 1 fully saturated rings. The van der Waals surface area contributed by atoms with Crippen LogP contribution < -0.4 is 5.43 Å². The van der Waals surface area contributed by atoms with Crippen molar-refractivity contribution in [3.8, 4) is 0 Å². The lowest BCUT2D eigenvalue weighted by molar-refractivity contribution is -0.157. The van der Waals surface area contributed by atoms with Crippen molar-refractivity contribution in [3.63, 3.8) is 0 Å². The number of hydrogen-bond acceptors (Lipinski definition) is 7. The Labute approximate surface area is 188 Å². The van der Waals surface area contributed by atoms with Gasteiger partial charge in [0.2, 0.25) is 5.43 Å². The predicted octanol–water partition coefficient (Wildman–Crippen LogP) is 3.52. The van der Waals surface area contributed by atoms with Gasteiger partial charge in [0.25, 0.3) is 0 Å². The van der Waals surface area contributed by atoms with Gasteiger partial charge in [0.05, 0.1) is 35.7 Å². The highest BCUT2D eigenvalue weighted by atomic mass is 35.5. The van der Waals surface area contributed by atoms with Crippen LogP contribution in [-0.4, -0.2) is 42.3 Å². The molecule has 8 nitrogen and oxygen atoms in total. The number of carbonyl (C=O) groups is 3. The van der Waals surface area contributed by atoms with E-state index < -0.39 is 40.6 Å². The van der Waals surface area contributed by atoms with Gasteiger partial charge in [-0.05, 0) is 39.7 Å². The fourth-order valence-corrected chi connectivity index (χ4v) is 3.90. The molecule has 1 saturated carbocycles. The number of fused-ring (bicyclic) bond motifs is 1. The van der Waals surface area contributed by atoms with Gasteiger partial charge in [-0.2, -0.15) is 0 Å². The number of halogens is 2. The second-order valence-electron chi connectivity index (χ2n) is 7.15. The Morgan fingerprint density at radius 1 is 1.09 bits per heavy atom. The third kappa shape index (κ3) is 4.34. The van der Waals surface area contributed by atoms with Gasteiger partial charge < -0.3 is 18.8 Å². The first-order valence-corrected chi connectivity index (χ1v) is 10.7. The van der Waals surface area contributed by atoms with E-state index >= 15 is 4.39 Å². The topological polar surface area (TPSA) is 101 Å². The van der Waals surface area contributed by atoms with Crippen LogP contribution >= 0.6 is 11.6 Å². The Morgan fingerprint density at radius 3 is 2.16 bits per heavy atom. The van der Waals surface area contributed by atoms with Gasteiger partial charge >= 0.3 is 17.9 Å². The largest absolute Gasteiger partial charge is 0.465 e. The average Bonchev–Trinajstić information content (AvgIpc) is 3.57. The number of carbonyl (C=O) groups excluding carboxylic acids is 3. The maximum atomic E-state index is 15.3. The molecule has 0 bridgehead atoms. The quantitative estimate of drug-likeness (QED) is 0.332. The van der Waals surface area contributed by atoms with Gasteiger partial charge in [-0.3, -0.25) is 14.4 Å². The van der Waals surface area contributed by atoms with Crippen LogP contribution in [0.15, 0.2) is 17.1 Å². The summed E-state index contributed by atoms with van der Waals surface area (Å²) >= 11 is 6.54. The molecule has 1 aliphatic carbocycles. The summed E-state index contributed by atoms with van der Waals surface area (Å²) in [5, 5.41) is -0.439. The fraction of sp³-hybridized carbons (Fsp3) is 0.455. The Balaban J connectivity index is 2.32. The molecular weight excluding hydrogens is 445 g/mol. The zero-order chi connectivity index (χ0) is 23.6. The summed E-state index contributed by atoms with van der Waals surface area (Å²) in [6.07, 6.45) is 2.84. The summed E-state index contributed by atoms with van der Waals surface area (Å²) in [5.41, 5.74) is -1.32. The normalized spacial score (nSPS) is 13.3. The van der Waals surface area contributed by atoms with Gasteiger partial charge in [-0.15, -0.1) is 0 Å². The van der Waals surface area contributed by atoms with Gasteiger partial charge in [0.1, 0.15) is 11.4 Å². The maximum Gasteiger partial charge on any atom is 0.343 e. The summed E-state index contributed by atoms with van der Waals surface area (Å²) in [7, 11) is 0. The Hall–Kier alpha value is -2.94.